The van der Waals surface area contributed by atoms with E-state index < -0.39 is 10.0 Å². The third-order valence-electron chi connectivity index (χ3n) is 7.88. The quantitative estimate of drug-likeness (QED) is 0.135. The number of aryl methyl sites for hydroxylation is 1. The molecule has 0 spiro atoms. The van der Waals surface area contributed by atoms with E-state index in [0.717, 1.165) is 28.9 Å². The summed E-state index contributed by atoms with van der Waals surface area (Å²) in [6, 6.07) is 28.6. The molecule has 0 saturated carbocycles. The fourth-order valence-corrected chi connectivity index (χ4v) is 7.00. The van der Waals surface area contributed by atoms with Crippen LogP contribution < -0.4 is 16.0 Å². The first kappa shape index (κ1) is 32.6. The second-order valence-corrected chi connectivity index (χ2v) is 13.4. The molecule has 6 aromatic rings. The number of carbonyl (C=O) groups excluding carboxylic acids is 1. The van der Waals surface area contributed by atoms with E-state index in [4.69, 9.17) is 5.10 Å². The standard InChI is InChI=1S/C36H38N8O3S/c1-4-43-25-33(34(41-43)26-15-17-28(18-16-26)40-36(45)39-27-11-7-5-8-12-27)31-19-20-38-35-32(31)23-29(24-37-21-22-42(2)3)44(35)48(46,47)30-13-9-6-10-14-30/h5-20,23,25,37H,4,21-22,24H2,1-3H3,(H2,39,40,45). The fourth-order valence-electron chi connectivity index (χ4n) is 5.49. The molecule has 0 aliphatic heterocycles. The fraction of sp³-hybridized carbons (Fsp3) is 0.194. The average Bonchev–Trinajstić information content (AvgIpc) is 3.70. The minimum absolute atomic E-state index is 0.190. The number of urea groups is 1. The molecular weight excluding hydrogens is 625 g/mol. The van der Waals surface area contributed by atoms with Crippen LogP contribution in [-0.2, 0) is 23.1 Å². The highest BCUT2D eigenvalue weighted by molar-refractivity contribution is 7.90. The Morgan fingerprint density at radius 1 is 0.854 bits per heavy atom. The number of amides is 2. The van der Waals surface area contributed by atoms with Gasteiger partial charge < -0.3 is 20.9 Å². The first-order chi connectivity index (χ1) is 23.2. The number of benzene rings is 3. The van der Waals surface area contributed by atoms with Crippen molar-refractivity contribution in [2.24, 2.45) is 0 Å². The second kappa shape index (κ2) is 14.2. The highest BCUT2D eigenvalue weighted by Gasteiger charge is 2.26. The molecule has 0 aliphatic carbocycles. The molecule has 0 bridgehead atoms. The van der Waals surface area contributed by atoms with Crippen molar-refractivity contribution in [2.45, 2.75) is 24.9 Å². The number of hydrogen-bond acceptors (Lipinski definition) is 7. The van der Waals surface area contributed by atoms with Crippen LogP contribution in [0.2, 0.25) is 0 Å². The molecule has 0 saturated heterocycles. The van der Waals surface area contributed by atoms with Gasteiger partial charge >= 0.3 is 6.03 Å². The van der Waals surface area contributed by atoms with Gasteiger partial charge in [-0.25, -0.2) is 22.2 Å². The predicted molar refractivity (Wildman–Crippen MR) is 190 cm³/mol. The van der Waals surface area contributed by atoms with Crippen molar-refractivity contribution < 1.29 is 13.2 Å². The minimum Gasteiger partial charge on any atom is -0.310 e. The van der Waals surface area contributed by atoms with Gasteiger partial charge in [0, 0.05) is 66.5 Å². The number of fused-ring (bicyclic) bond motifs is 1. The number of nitrogens with one attached hydrogen (secondary N) is 3. The molecule has 2 amide bonds. The Bertz CT molecular complexity index is 2130. The van der Waals surface area contributed by atoms with Crippen LogP contribution >= 0.6 is 0 Å². The summed E-state index contributed by atoms with van der Waals surface area (Å²) < 4.78 is 31.4. The minimum atomic E-state index is -3.96. The summed E-state index contributed by atoms with van der Waals surface area (Å²) in [7, 11) is 0.0327. The molecule has 11 nitrogen and oxygen atoms in total. The predicted octanol–water partition coefficient (Wildman–Crippen LogP) is 6.12. The summed E-state index contributed by atoms with van der Waals surface area (Å²) in [6.07, 6.45) is 3.62. The molecule has 246 valence electrons. The molecule has 0 aliphatic rings. The SMILES string of the molecule is CCn1cc(-c2ccnc3c2cc(CNCCN(C)C)n3S(=O)(=O)c2ccccc2)c(-c2ccc(NC(=O)Nc3ccccc3)cc2)n1. The maximum absolute atomic E-state index is 14.1. The highest BCUT2D eigenvalue weighted by Crippen LogP contribution is 2.37. The zero-order valence-corrected chi connectivity index (χ0v) is 27.9. The van der Waals surface area contributed by atoms with Gasteiger partial charge in [0.2, 0.25) is 0 Å². The molecule has 0 unspecified atom stereocenters. The number of hydrogen-bond donors (Lipinski definition) is 3. The Kier molecular flexibility index (Phi) is 9.67. The summed E-state index contributed by atoms with van der Waals surface area (Å²) in [5.41, 5.74) is 5.49. The van der Waals surface area contributed by atoms with Crippen LogP contribution in [0.3, 0.4) is 0 Å². The summed E-state index contributed by atoms with van der Waals surface area (Å²) >= 11 is 0. The van der Waals surface area contributed by atoms with Crippen LogP contribution in [0, 0.1) is 0 Å². The van der Waals surface area contributed by atoms with Gasteiger partial charge in [-0.3, -0.25) is 4.68 Å². The van der Waals surface area contributed by atoms with E-state index in [9.17, 15) is 13.2 Å². The van der Waals surface area contributed by atoms with Crippen molar-refractivity contribution in [3.63, 3.8) is 0 Å². The van der Waals surface area contributed by atoms with Crippen LogP contribution in [0.5, 0.6) is 0 Å². The monoisotopic (exact) mass is 662 g/mol. The number of rotatable bonds is 12. The lowest BCUT2D eigenvalue weighted by Crippen LogP contribution is -2.27. The van der Waals surface area contributed by atoms with Crippen LogP contribution in [0.1, 0.15) is 12.6 Å². The van der Waals surface area contributed by atoms with Crippen molar-refractivity contribution in [1.82, 2.24) is 29.0 Å². The number of likely N-dealkylation sites (N-methyl/N-ethyl adjacent to an activating group) is 1. The van der Waals surface area contributed by atoms with Crippen LogP contribution in [-0.4, -0.2) is 65.3 Å². The van der Waals surface area contributed by atoms with Gasteiger partial charge in [0.05, 0.1) is 10.6 Å². The Morgan fingerprint density at radius 2 is 1.52 bits per heavy atom. The largest absolute Gasteiger partial charge is 0.323 e. The third-order valence-corrected chi connectivity index (χ3v) is 9.64. The molecule has 3 aromatic carbocycles. The molecule has 3 aromatic heterocycles. The van der Waals surface area contributed by atoms with Crippen molar-refractivity contribution in [3.05, 3.63) is 115 Å². The van der Waals surface area contributed by atoms with Crippen molar-refractivity contribution >= 4 is 38.5 Å². The maximum Gasteiger partial charge on any atom is 0.323 e. The van der Waals surface area contributed by atoms with Crippen molar-refractivity contribution in [2.75, 3.05) is 37.8 Å². The van der Waals surface area contributed by atoms with Crippen molar-refractivity contribution in [1.29, 1.82) is 0 Å². The van der Waals surface area contributed by atoms with E-state index in [-0.39, 0.29) is 10.9 Å². The Balaban J connectivity index is 1.38. The van der Waals surface area contributed by atoms with Gasteiger partial charge in [-0.2, -0.15) is 5.10 Å². The van der Waals surface area contributed by atoms with E-state index in [1.165, 1.54) is 3.97 Å². The molecule has 3 N–H and O–H groups in total. The van der Waals surface area contributed by atoms with Crippen LogP contribution in [0.15, 0.2) is 114 Å². The lowest BCUT2D eigenvalue weighted by molar-refractivity contribution is 0.262. The summed E-state index contributed by atoms with van der Waals surface area (Å²) in [5.74, 6) is 0. The number of carbonyl (C=O) groups is 1. The summed E-state index contributed by atoms with van der Waals surface area (Å²) in [5, 5.41) is 14.7. The van der Waals surface area contributed by atoms with Gasteiger partial charge in [-0.15, -0.1) is 0 Å². The molecular formula is C36H38N8O3S. The third kappa shape index (κ3) is 7.00. The van der Waals surface area contributed by atoms with Gasteiger partial charge in [-0.1, -0.05) is 48.5 Å². The normalized spacial score (nSPS) is 11.7. The molecule has 48 heavy (non-hydrogen) atoms. The lowest BCUT2D eigenvalue weighted by atomic mass is 10.00. The molecule has 12 heteroatoms. The zero-order valence-electron chi connectivity index (χ0n) is 27.1. The van der Waals surface area contributed by atoms with E-state index in [0.29, 0.717) is 47.7 Å². The van der Waals surface area contributed by atoms with Gasteiger partial charge in [0.1, 0.15) is 5.69 Å². The van der Waals surface area contributed by atoms with E-state index >= 15 is 0 Å². The lowest BCUT2D eigenvalue weighted by Gasteiger charge is -2.13. The molecule has 6 rings (SSSR count). The molecule has 0 fully saturated rings. The number of aromatic nitrogens is 4. The highest BCUT2D eigenvalue weighted by atomic mass is 32.2. The van der Waals surface area contributed by atoms with Gasteiger partial charge in [-0.05, 0) is 75.1 Å². The maximum atomic E-state index is 14.1. The number of pyridine rings is 1. The average molecular weight is 663 g/mol. The Labute approximate surface area is 280 Å². The molecule has 0 radical (unpaired) electrons. The first-order valence-electron chi connectivity index (χ1n) is 15.7. The summed E-state index contributed by atoms with van der Waals surface area (Å²) in [6.45, 7) is 4.49. The number of para-hydroxylation sites is 1. The van der Waals surface area contributed by atoms with E-state index in [2.05, 4.69) is 25.8 Å². The zero-order chi connectivity index (χ0) is 33.7. The van der Waals surface area contributed by atoms with Crippen LogP contribution in [0.4, 0.5) is 16.2 Å². The van der Waals surface area contributed by atoms with E-state index in [1.807, 2.05) is 98.6 Å². The van der Waals surface area contributed by atoms with Gasteiger partial charge in [0.25, 0.3) is 10.0 Å². The van der Waals surface area contributed by atoms with E-state index in [1.54, 1.807) is 36.5 Å². The Morgan fingerprint density at radius 3 is 2.19 bits per heavy atom. The van der Waals surface area contributed by atoms with Gasteiger partial charge in [0.15, 0.2) is 5.65 Å². The first-order valence-corrected chi connectivity index (χ1v) is 17.2. The molecule has 3 heterocycles. The number of nitrogens with zero attached hydrogens (tertiary/aromatic N) is 5. The van der Waals surface area contributed by atoms with Crippen LogP contribution in [0.25, 0.3) is 33.4 Å². The Hall–Kier alpha value is -5.30. The number of anilines is 2. The second-order valence-electron chi connectivity index (χ2n) is 11.6. The smallest absolute Gasteiger partial charge is 0.310 e. The van der Waals surface area contributed by atoms with Crippen molar-refractivity contribution in [3.8, 4) is 22.4 Å². The summed E-state index contributed by atoms with van der Waals surface area (Å²) in [4.78, 5) is 19.4. The topological polar surface area (TPSA) is 126 Å². The molecule has 0 atom stereocenters.